The highest BCUT2D eigenvalue weighted by Gasteiger charge is 2.05. The van der Waals surface area contributed by atoms with E-state index in [0.29, 0.717) is 6.61 Å². The summed E-state index contributed by atoms with van der Waals surface area (Å²) >= 11 is 7.77. The number of nitrogens with zero attached hydrogens (tertiary/aromatic N) is 1. The van der Waals surface area contributed by atoms with Crippen LogP contribution in [0.25, 0.3) is 0 Å². The Kier molecular flexibility index (Phi) is 6.28. The Balaban J connectivity index is 2.16. The number of hydrogen-bond donors (Lipinski definition) is 1. The Bertz CT molecular complexity index is 297. The fourth-order valence-electron chi connectivity index (χ4n) is 1.33. The van der Waals surface area contributed by atoms with Gasteiger partial charge in [0.25, 0.3) is 0 Å². The molecule has 0 fully saturated rings. The van der Waals surface area contributed by atoms with E-state index in [0.717, 1.165) is 30.2 Å². The second kappa shape index (κ2) is 7.22. The number of alkyl halides is 1. The Morgan fingerprint density at radius 1 is 1.50 bits per heavy atom. The highest BCUT2D eigenvalue weighted by molar-refractivity contribution is 7.11. The van der Waals surface area contributed by atoms with Gasteiger partial charge in [-0.1, -0.05) is 0 Å². The molecule has 1 heterocycles. The molecule has 0 aliphatic carbocycles. The molecule has 0 aromatic carbocycles. The predicted molar refractivity (Wildman–Crippen MR) is 69.4 cm³/mol. The lowest BCUT2D eigenvalue weighted by atomic mass is 10.3. The van der Waals surface area contributed by atoms with Crippen molar-refractivity contribution in [3.8, 4) is 0 Å². The number of hydrogen-bond acceptors (Lipinski definition) is 4. The van der Waals surface area contributed by atoms with Gasteiger partial charge in [0.05, 0.1) is 17.7 Å². The SMILES string of the molecule is COCC(Cl)CCNCc1nc(C)c(C)s1. The average Bonchev–Trinajstić information content (AvgIpc) is 2.54. The molecule has 0 aliphatic rings. The van der Waals surface area contributed by atoms with E-state index in [1.54, 1.807) is 18.4 Å². The Morgan fingerprint density at radius 3 is 2.81 bits per heavy atom. The number of aromatic nitrogens is 1. The second-order valence-corrected chi connectivity index (χ2v) is 5.67. The largest absolute Gasteiger partial charge is 0.383 e. The number of rotatable bonds is 7. The van der Waals surface area contributed by atoms with Gasteiger partial charge in [0.1, 0.15) is 5.01 Å². The van der Waals surface area contributed by atoms with Crippen LogP contribution in [0.5, 0.6) is 0 Å². The number of thiazole rings is 1. The van der Waals surface area contributed by atoms with Crippen molar-refractivity contribution in [1.29, 1.82) is 0 Å². The van der Waals surface area contributed by atoms with Gasteiger partial charge >= 0.3 is 0 Å². The lowest BCUT2D eigenvalue weighted by molar-refractivity contribution is 0.195. The molecule has 1 atom stereocenters. The highest BCUT2D eigenvalue weighted by Crippen LogP contribution is 2.15. The maximum Gasteiger partial charge on any atom is 0.107 e. The topological polar surface area (TPSA) is 34.1 Å². The average molecular weight is 263 g/mol. The molecule has 3 nitrogen and oxygen atoms in total. The fraction of sp³-hybridized carbons (Fsp3) is 0.727. The monoisotopic (exact) mass is 262 g/mol. The second-order valence-electron chi connectivity index (χ2n) is 3.77. The quantitative estimate of drug-likeness (QED) is 0.606. The third-order valence-corrected chi connectivity index (χ3v) is 3.75. The first-order valence-electron chi connectivity index (χ1n) is 5.40. The number of methoxy groups -OCH3 is 1. The summed E-state index contributed by atoms with van der Waals surface area (Å²) in [6.45, 7) is 6.48. The smallest absolute Gasteiger partial charge is 0.107 e. The molecule has 0 amide bonds. The summed E-state index contributed by atoms with van der Waals surface area (Å²) in [7, 11) is 1.67. The lowest BCUT2D eigenvalue weighted by Crippen LogP contribution is -2.20. The van der Waals surface area contributed by atoms with E-state index in [-0.39, 0.29) is 5.38 Å². The third-order valence-electron chi connectivity index (χ3n) is 2.33. The third kappa shape index (κ3) is 4.78. The number of nitrogens with one attached hydrogen (secondary N) is 1. The van der Waals surface area contributed by atoms with Crippen LogP contribution in [0, 0.1) is 13.8 Å². The summed E-state index contributed by atoms with van der Waals surface area (Å²) in [5.41, 5.74) is 1.14. The van der Waals surface area contributed by atoms with Crippen molar-refractivity contribution < 1.29 is 4.74 Å². The fourth-order valence-corrected chi connectivity index (χ4v) is 2.47. The molecule has 1 N–H and O–H groups in total. The summed E-state index contributed by atoms with van der Waals surface area (Å²) in [5.74, 6) is 0. The molecule has 0 saturated carbocycles. The lowest BCUT2D eigenvalue weighted by Gasteiger charge is -2.07. The zero-order valence-corrected chi connectivity index (χ0v) is 11.6. The van der Waals surface area contributed by atoms with E-state index < -0.39 is 0 Å². The standard InChI is InChI=1S/C11H19ClN2OS/c1-8-9(2)16-11(14-8)6-13-5-4-10(12)7-15-3/h10,13H,4-7H2,1-3H3. The Labute approximate surface area is 106 Å². The first-order valence-corrected chi connectivity index (χ1v) is 6.65. The number of halogens is 1. The summed E-state index contributed by atoms with van der Waals surface area (Å²) in [5, 5.41) is 4.58. The van der Waals surface area contributed by atoms with Gasteiger partial charge in [-0.15, -0.1) is 22.9 Å². The molecule has 0 saturated heterocycles. The van der Waals surface area contributed by atoms with Gasteiger partial charge in [0.15, 0.2) is 0 Å². The minimum atomic E-state index is 0.0947. The first-order chi connectivity index (χ1) is 7.63. The number of ether oxygens (including phenoxy) is 1. The molecule has 0 spiro atoms. The van der Waals surface area contributed by atoms with Gasteiger partial charge in [0.2, 0.25) is 0 Å². The van der Waals surface area contributed by atoms with Crippen molar-refractivity contribution in [2.45, 2.75) is 32.2 Å². The Morgan fingerprint density at radius 2 is 2.25 bits per heavy atom. The molecule has 0 aliphatic heterocycles. The van der Waals surface area contributed by atoms with Crippen LogP contribution in [-0.4, -0.2) is 30.6 Å². The van der Waals surface area contributed by atoms with Crippen LogP contribution in [0.2, 0.25) is 0 Å². The van der Waals surface area contributed by atoms with E-state index in [9.17, 15) is 0 Å². The van der Waals surface area contributed by atoms with E-state index in [2.05, 4.69) is 17.2 Å². The minimum Gasteiger partial charge on any atom is -0.383 e. The van der Waals surface area contributed by atoms with Gasteiger partial charge in [-0.3, -0.25) is 0 Å². The Hall–Kier alpha value is -0.160. The van der Waals surface area contributed by atoms with Crippen LogP contribution < -0.4 is 5.32 Å². The molecule has 92 valence electrons. The first kappa shape index (κ1) is 13.9. The zero-order valence-electron chi connectivity index (χ0n) is 10.0. The van der Waals surface area contributed by atoms with Crippen LogP contribution in [-0.2, 0) is 11.3 Å². The van der Waals surface area contributed by atoms with Crippen molar-refractivity contribution in [3.63, 3.8) is 0 Å². The maximum absolute atomic E-state index is 6.01. The van der Waals surface area contributed by atoms with Crippen LogP contribution in [0.1, 0.15) is 22.0 Å². The molecule has 1 aromatic heterocycles. The summed E-state index contributed by atoms with van der Waals surface area (Å²) in [6.07, 6.45) is 0.915. The van der Waals surface area contributed by atoms with Crippen LogP contribution >= 0.6 is 22.9 Å². The van der Waals surface area contributed by atoms with Gasteiger partial charge in [-0.2, -0.15) is 0 Å². The van der Waals surface area contributed by atoms with E-state index >= 15 is 0 Å². The van der Waals surface area contributed by atoms with Gasteiger partial charge < -0.3 is 10.1 Å². The maximum atomic E-state index is 6.01. The molecule has 0 bridgehead atoms. The van der Waals surface area contributed by atoms with Crippen molar-refractivity contribution in [3.05, 3.63) is 15.6 Å². The van der Waals surface area contributed by atoms with E-state index in [1.165, 1.54) is 4.88 Å². The molecule has 0 radical (unpaired) electrons. The van der Waals surface area contributed by atoms with Crippen molar-refractivity contribution in [2.75, 3.05) is 20.3 Å². The number of aryl methyl sites for hydroxylation is 2. The van der Waals surface area contributed by atoms with E-state index in [4.69, 9.17) is 16.3 Å². The molecule has 5 heteroatoms. The predicted octanol–water partition coefficient (Wildman–Crippen LogP) is 2.49. The molecule has 16 heavy (non-hydrogen) atoms. The van der Waals surface area contributed by atoms with Crippen LogP contribution in [0.15, 0.2) is 0 Å². The molecule has 1 rings (SSSR count). The molecular weight excluding hydrogens is 244 g/mol. The van der Waals surface area contributed by atoms with Crippen LogP contribution in [0.4, 0.5) is 0 Å². The molecule has 1 unspecified atom stereocenters. The van der Waals surface area contributed by atoms with Crippen molar-refractivity contribution in [2.24, 2.45) is 0 Å². The minimum absolute atomic E-state index is 0.0947. The van der Waals surface area contributed by atoms with E-state index in [1.807, 2.05) is 6.92 Å². The van der Waals surface area contributed by atoms with Crippen molar-refractivity contribution >= 4 is 22.9 Å². The van der Waals surface area contributed by atoms with Crippen LogP contribution in [0.3, 0.4) is 0 Å². The normalized spacial score (nSPS) is 13.0. The van der Waals surface area contributed by atoms with Gasteiger partial charge in [-0.25, -0.2) is 4.98 Å². The molecular formula is C11H19ClN2OS. The van der Waals surface area contributed by atoms with Gasteiger partial charge in [0, 0.05) is 18.5 Å². The highest BCUT2D eigenvalue weighted by atomic mass is 35.5. The van der Waals surface area contributed by atoms with Crippen molar-refractivity contribution in [1.82, 2.24) is 10.3 Å². The van der Waals surface area contributed by atoms with Gasteiger partial charge in [-0.05, 0) is 26.8 Å². The summed E-state index contributed by atoms with van der Waals surface area (Å²) in [6, 6.07) is 0. The summed E-state index contributed by atoms with van der Waals surface area (Å²) < 4.78 is 4.97. The zero-order chi connectivity index (χ0) is 12.0. The molecule has 1 aromatic rings. The summed E-state index contributed by atoms with van der Waals surface area (Å²) in [4.78, 5) is 5.76.